The van der Waals surface area contributed by atoms with Gasteiger partial charge in [-0.2, -0.15) is 0 Å². The molecule has 2 aromatic heterocycles. The first-order valence-corrected chi connectivity index (χ1v) is 9.07. The first kappa shape index (κ1) is 17.7. The summed E-state index contributed by atoms with van der Waals surface area (Å²) in [7, 11) is 0. The Morgan fingerprint density at radius 3 is 2.78 bits per heavy atom. The van der Waals surface area contributed by atoms with Crippen LogP contribution < -0.4 is 5.32 Å². The number of nitrogens with zero attached hydrogens (tertiary/aromatic N) is 1. The number of halogens is 1. The van der Waals surface area contributed by atoms with Crippen LogP contribution in [0, 0.1) is 0 Å². The van der Waals surface area contributed by atoms with Crippen molar-refractivity contribution < 1.29 is 9.59 Å². The molecule has 0 saturated heterocycles. The van der Waals surface area contributed by atoms with Gasteiger partial charge in [-0.1, -0.05) is 23.7 Å². The summed E-state index contributed by atoms with van der Waals surface area (Å²) in [6.07, 6.45) is 1.67. The Kier molecular flexibility index (Phi) is 6.38. The molecule has 0 saturated carbocycles. The zero-order valence-electron chi connectivity index (χ0n) is 12.6. The van der Waals surface area contributed by atoms with Gasteiger partial charge in [0.05, 0.1) is 15.8 Å². The third kappa shape index (κ3) is 4.92. The molecule has 0 bridgehead atoms. The molecular formula is C16H17ClN2O2S2. The van der Waals surface area contributed by atoms with Gasteiger partial charge >= 0.3 is 0 Å². The Labute approximate surface area is 148 Å². The van der Waals surface area contributed by atoms with Gasteiger partial charge in [-0.15, -0.1) is 29.3 Å². The van der Waals surface area contributed by atoms with Crippen LogP contribution in [0.5, 0.6) is 0 Å². The Bertz CT molecular complexity index is 682. The van der Waals surface area contributed by atoms with Gasteiger partial charge in [0.25, 0.3) is 5.91 Å². The summed E-state index contributed by atoms with van der Waals surface area (Å²) in [5.74, 6) is -0.391. The molecule has 1 atom stereocenters. The summed E-state index contributed by atoms with van der Waals surface area (Å²) in [6.45, 7) is 6.23. The zero-order valence-corrected chi connectivity index (χ0v) is 15.0. The molecule has 2 aromatic rings. The molecule has 0 aliphatic rings. The van der Waals surface area contributed by atoms with Crippen LogP contribution in [-0.4, -0.2) is 29.3 Å². The molecule has 2 rings (SSSR count). The minimum absolute atomic E-state index is 0.153. The molecule has 1 unspecified atom stereocenters. The van der Waals surface area contributed by atoms with E-state index in [0.29, 0.717) is 22.3 Å². The van der Waals surface area contributed by atoms with Gasteiger partial charge in [-0.05, 0) is 30.5 Å². The van der Waals surface area contributed by atoms with Gasteiger partial charge in [0.2, 0.25) is 5.91 Å². The van der Waals surface area contributed by atoms with Crippen molar-refractivity contribution in [3.63, 3.8) is 0 Å². The predicted octanol–water partition coefficient (Wildman–Crippen LogP) is 3.80. The van der Waals surface area contributed by atoms with E-state index >= 15 is 0 Å². The predicted molar refractivity (Wildman–Crippen MR) is 96.2 cm³/mol. The first-order valence-electron chi connectivity index (χ1n) is 6.99. The summed E-state index contributed by atoms with van der Waals surface area (Å²) in [5, 5.41) is 4.56. The lowest BCUT2D eigenvalue weighted by molar-refractivity contribution is -0.132. The van der Waals surface area contributed by atoms with Gasteiger partial charge in [-0.3, -0.25) is 9.59 Å². The normalized spacial score (nSPS) is 11.7. The van der Waals surface area contributed by atoms with Crippen molar-refractivity contribution in [3.8, 4) is 0 Å². The van der Waals surface area contributed by atoms with E-state index in [1.807, 2.05) is 11.4 Å². The Hall–Kier alpha value is -1.63. The molecule has 0 aliphatic carbocycles. The van der Waals surface area contributed by atoms with Crippen LogP contribution in [0.25, 0.3) is 0 Å². The van der Waals surface area contributed by atoms with E-state index in [0.717, 1.165) is 4.88 Å². The number of nitrogens with one attached hydrogen (secondary N) is 1. The largest absolute Gasteiger partial charge is 0.340 e. The molecule has 0 aliphatic heterocycles. The van der Waals surface area contributed by atoms with Crippen molar-refractivity contribution in [2.45, 2.75) is 19.5 Å². The summed E-state index contributed by atoms with van der Waals surface area (Å²) in [6, 6.07) is 6.62. The lowest BCUT2D eigenvalue weighted by Crippen LogP contribution is -2.46. The fourth-order valence-corrected chi connectivity index (χ4v) is 3.75. The maximum atomic E-state index is 12.6. The molecule has 122 valence electrons. The number of rotatable bonds is 7. The van der Waals surface area contributed by atoms with Crippen LogP contribution in [0.3, 0.4) is 0 Å². The van der Waals surface area contributed by atoms with E-state index in [1.165, 1.54) is 22.7 Å². The first-order chi connectivity index (χ1) is 11.0. The highest BCUT2D eigenvalue weighted by atomic mass is 35.5. The van der Waals surface area contributed by atoms with Crippen molar-refractivity contribution in [1.82, 2.24) is 10.2 Å². The van der Waals surface area contributed by atoms with Crippen molar-refractivity contribution >= 4 is 46.1 Å². The fraction of sp³-hybridized carbons (Fsp3) is 0.250. The van der Waals surface area contributed by atoms with Crippen molar-refractivity contribution in [2.24, 2.45) is 0 Å². The second-order valence-corrected chi connectivity index (χ2v) is 7.63. The average molecular weight is 369 g/mol. The number of hydrogen-bond donors (Lipinski definition) is 1. The Balaban J connectivity index is 2.01. The molecule has 0 spiro atoms. The van der Waals surface area contributed by atoms with Crippen LogP contribution in [0.15, 0.2) is 42.3 Å². The minimum Gasteiger partial charge on any atom is -0.340 e. The van der Waals surface area contributed by atoms with Gasteiger partial charge in [0.15, 0.2) is 0 Å². The van der Waals surface area contributed by atoms with Crippen LogP contribution in [-0.2, 0) is 11.3 Å². The third-order valence-corrected chi connectivity index (χ3v) is 5.18. The SMILES string of the molecule is C=CCN(Cc1ccc(Cl)s1)C(=O)C(C)NC(=O)c1cccs1. The molecule has 1 N–H and O–H groups in total. The highest BCUT2D eigenvalue weighted by Crippen LogP contribution is 2.23. The van der Waals surface area contributed by atoms with E-state index in [-0.39, 0.29) is 11.8 Å². The van der Waals surface area contributed by atoms with Gasteiger partial charge in [0.1, 0.15) is 6.04 Å². The second-order valence-electron chi connectivity index (χ2n) is 4.89. The molecule has 2 heterocycles. The summed E-state index contributed by atoms with van der Waals surface area (Å²) < 4.78 is 0.685. The topological polar surface area (TPSA) is 49.4 Å². The number of amides is 2. The molecular weight excluding hydrogens is 352 g/mol. The minimum atomic E-state index is -0.611. The monoisotopic (exact) mass is 368 g/mol. The van der Waals surface area contributed by atoms with Gasteiger partial charge in [0, 0.05) is 11.4 Å². The van der Waals surface area contributed by atoms with E-state index in [1.54, 1.807) is 36.1 Å². The fourth-order valence-electron chi connectivity index (χ4n) is 2.02. The molecule has 0 fully saturated rings. The summed E-state index contributed by atoms with van der Waals surface area (Å²) >= 11 is 8.71. The molecule has 0 aromatic carbocycles. The van der Waals surface area contributed by atoms with Crippen LogP contribution >= 0.6 is 34.3 Å². The average Bonchev–Trinajstić information content (AvgIpc) is 3.17. The van der Waals surface area contributed by atoms with Crippen molar-refractivity contribution in [1.29, 1.82) is 0 Å². The maximum Gasteiger partial charge on any atom is 0.261 e. The Morgan fingerprint density at radius 1 is 1.43 bits per heavy atom. The van der Waals surface area contributed by atoms with E-state index in [2.05, 4.69) is 11.9 Å². The summed E-state index contributed by atoms with van der Waals surface area (Å²) in [4.78, 5) is 27.9. The van der Waals surface area contributed by atoms with E-state index in [4.69, 9.17) is 11.6 Å². The quantitative estimate of drug-likeness (QED) is 0.756. The van der Waals surface area contributed by atoms with Crippen LogP contribution in [0.1, 0.15) is 21.5 Å². The van der Waals surface area contributed by atoms with E-state index in [9.17, 15) is 9.59 Å². The highest BCUT2D eigenvalue weighted by Gasteiger charge is 2.22. The second kappa shape index (κ2) is 8.29. The molecule has 23 heavy (non-hydrogen) atoms. The molecule has 7 heteroatoms. The van der Waals surface area contributed by atoms with Crippen LogP contribution in [0.2, 0.25) is 4.34 Å². The molecule has 4 nitrogen and oxygen atoms in total. The van der Waals surface area contributed by atoms with Gasteiger partial charge < -0.3 is 10.2 Å². The number of hydrogen-bond acceptors (Lipinski definition) is 4. The number of carbonyl (C=O) groups excluding carboxylic acids is 2. The van der Waals surface area contributed by atoms with Gasteiger partial charge in [-0.25, -0.2) is 0 Å². The highest BCUT2D eigenvalue weighted by molar-refractivity contribution is 7.16. The lowest BCUT2D eigenvalue weighted by Gasteiger charge is -2.24. The number of thiophene rings is 2. The maximum absolute atomic E-state index is 12.6. The number of carbonyl (C=O) groups is 2. The molecule has 2 amide bonds. The lowest BCUT2D eigenvalue weighted by atomic mass is 10.2. The Morgan fingerprint density at radius 2 is 2.22 bits per heavy atom. The third-order valence-electron chi connectivity index (χ3n) is 3.10. The standard InChI is InChI=1S/C16H17ClN2O2S2/c1-3-8-19(10-12-6-7-14(17)23-12)16(21)11(2)18-15(20)13-5-4-9-22-13/h3-7,9,11H,1,8,10H2,2H3,(H,18,20). The zero-order chi connectivity index (χ0) is 16.8. The molecule has 0 radical (unpaired) electrons. The van der Waals surface area contributed by atoms with Crippen LogP contribution in [0.4, 0.5) is 0 Å². The van der Waals surface area contributed by atoms with E-state index < -0.39 is 6.04 Å². The van der Waals surface area contributed by atoms with Crippen molar-refractivity contribution in [3.05, 3.63) is 56.4 Å². The smallest absolute Gasteiger partial charge is 0.261 e. The summed E-state index contributed by atoms with van der Waals surface area (Å²) in [5.41, 5.74) is 0. The van der Waals surface area contributed by atoms with Crippen molar-refractivity contribution in [2.75, 3.05) is 6.54 Å².